The summed E-state index contributed by atoms with van der Waals surface area (Å²) in [6, 6.07) is 0. The number of thiol groups is 1. The van der Waals surface area contributed by atoms with Gasteiger partial charge < -0.3 is 4.74 Å². The van der Waals surface area contributed by atoms with Crippen LogP contribution >= 0.6 is 12.6 Å². The molecule has 0 N–H and O–H groups in total. The monoisotopic (exact) mass is 300 g/mol. The normalized spacial score (nSPS) is 18.9. The van der Waals surface area contributed by atoms with Gasteiger partial charge in [0.1, 0.15) is 0 Å². The minimum absolute atomic E-state index is 0.605. The second-order valence-electron chi connectivity index (χ2n) is 5.73. The molecule has 0 amide bonds. The van der Waals surface area contributed by atoms with Crippen LogP contribution in [-0.4, -0.2) is 12.7 Å². The Morgan fingerprint density at radius 2 is 1.60 bits per heavy atom. The van der Waals surface area contributed by atoms with Crippen LogP contribution in [0.4, 0.5) is 0 Å². The van der Waals surface area contributed by atoms with E-state index in [4.69, 9.17) is 4.74 Å². The second kappa shape index (κ2) is 17.1. The molecule has 1 rings (SSSR count). The molecular weight excluding hydrogens is 264 g/mol. The van der Waals surface area contributed by atoms with Crippen LogP contribution in [-0.2, 0) is 4.74 Å². The molecule has 1 aliphatic heterocycles. The van der Waals surface area contributed by atoms with Crippen molar-refractivity contribution in [3.8, 4) is 0 Å². The summed E-state index contributed by atoms with van der Waals surface area (Å²) in [4.78, 5) is 0. The van der Waals surface area contributed by atoms with E-state index in [-0.39, 0.29) is 0 Å². The van der Waals surface area contributed by atoms with Gasteiger partial charge in [-0.2, -0.15) is 12.6 Å². The van der Waals surface area contributed by atoms with Crippen molar-refractivity contribution in [1.82, 2.24) is 0 Å². The molecule has 20 heavy (non-hydrogen) atoms. The fourth-order valence-electron chi connectivity index (χ4n) is 2.54. The average molecular weight is 301 g/mol. The fourth-order valence-corrected chi connectivity index (χ4v) is 2.54. The van der Waals surface area contributed by atoms with Crippen LogP contribution in [0.5, 0.6) is 0 Å². The molecule has 120 valence electrons. The SMILES string of the molecule is CC=CS.CCCCCCCCCCC1CCCCO1. The highest BCUT2D eigenvalue weighted by molar-refractivity contribution is 7.83. The van der Waals surface area contributed by atoms with Crippen molar-refractivity contribution in [2.45, 2.75) is 97.0 Å². The van der Waals surface area contributed by atoms with Gasteiger partial charge in [0, 0.05) is 6.61 Å². The van der Waals surface area contributed by atoms with Crippen LogP contribution in [0.2, 0.25) is 0 Å². The van der Waals surface area contributed by atoms with Crippen molar-refractivity contribution in [1.29, 1.82) is 0 Å². The summed E-state index contributed by atoms with van der Waals surface area (Å²) in [5, 5.41) is 1.69. The summed E-state index contributed by atoms with van der Waals surface area (Å²) in [6.07, 6.45) is 19.2. The van der Waals surface area contributed by atoms with Crippen LogP contribution in [0, 0.1) is 0 Å². The van der Waals surface area contributed by atoms with E-state index in [0.717, 1.165) is 6.61 Å². The fraction of sp³-hybridized carbons (Fsp3) is 0.889. The van der Waals surface area contributed by atoms with E-state index in [2.05, 4.69) is 19.6 Å². The number of ether oxygens (including phenoxy) is 1. The molecule has 1 atom stereocenters. The molecule has 0 spiro atoms. The van der Waals surface area contributed by atoms with Crippen LogP contribution in [0.25, 0.3) is 0 Å². The molecule has 0 aromatic carbocycles. The lowest BCUT2D eigenvalue weighted by molar-refractivity contribution is 0.00977. The Labute approximate surface area is 133 Å². The first-order valence-corrected chi connectivity index (χ1v) is 9.23. The molecule has 0 aromatic rings. The van der Waals surface area contributed by atoms with Crippen LogP contribution < -0.4 is 0 Å². The number of hydrogen-bond donors (Lipinski definition) is 1. The molecule has 1 aliphatic rings. The number of rotatable bonds is 9. The summed E-state index contributed by atoms with van der Waals surface area (Å²) >= 11 is 3.74. The third-order valence-electron chi connectivity index (χ3n) is 3.80. The molecule has 0 aromatic heterocycles. The third kappa shape index (κ3) is 14.5. The van der Waals surface area contributed by atoms with E-state index in [1.807, 2.05) is 13.0 Å². The molecule has 1 nitrogen and oxygen atoms in total. The van der Waals surface area contributed by atoms with Crippen molar-refractivity contribution in [2.24, 2.45) is 0 Å². The Balaban J connectivity index is 0.000000796. The van der Waals surface area contributed by atoms with E-state index >= 15 is 0 Å². The third-order valence-corrected chi connectivity index (χ3v) is 4.10. The lowest BCUT2D eigenvalue weighted by atomic mass is 10.0. The van der Waals surface area contributed by atoms with Crippen LogP contribution in [0.3, 0.4) is 0 Å². The van der Waals surface area contributed by atoms with E-state index in [0.29, 0.717) is 6.10 Å². The van der Waals surface area contributed by atoms with Gasteiger partial charge in [-0.05, 0) is 38.0 Å². The maximum atomic E-state index is 5.74. The van der Waals surface area contributed by atoms with Gasteiger partial charge in [0.15, 0.2) is 0 Å². The Hall–Kier alpha value is 0.0500. The standard InChI is InChI=1S/C15H30O.C3H6S/c1-2-3-4-5-6-7-8-9-12-15-13-10-11-14-16-15;1-2-3-4/h15H,2-14H2,1H3;2-4H,1H3. The lowest BCUT2D eigenvalue weighted by Crippen LogP contribution is -2.18. The molecule has 1 heterocycles. The van der Waals surface area contributed by atoms with E-state index in [1.165, 1.54) is 77.0 Å². The molecule has 0 radical (unpaired) electrons. The maximum Gasteiger partial charge on any atom is 0.0575 e. The molecule has 1 fully saturated rings. The first-order valence-electron chi connectivity index (χ1n) is 8.72. The highest BCUT2D eigenvalue weighted by Crippen LogP contribution is 2.18. The van der Waals surface area contributed by atoms with Gasteiger partial charge in [-0.15, -0.1) is 0 Å². The number of allylic oxidation sites excluding steroid dienone is 1. The highest BCUT2D eigenvalue weighted by Gasteiger charge is 2.12. The zero-order valence-corrected chi connectivity index (χ0v) is 14.7. The van der Waals surface area contributed by atoms with Crippen molar-refractivity contribution in [3.63, 3.8) is 0 Å². The lowest BCUT2D eigenvalue weighted by Gasteiger charge is -2.22. The van der Waals surface area contributed by atoms with Gasteiger partial charge in [-0.3, -0.25) is 0 Å². The van der Waals surface area contributed by atoms with E-state index < -0.39 is 0 Å². The summed E-state index contributed by atoms with van der Waals surface area (Å²) in [5.74, 6) is 0. The summed E-state index contributed by atoms with van der Waals surface area (Å²) in [6.45, 7) is 5.22. The maximum absolute atomic E-state index is 5.74. The average Bonchev–Trinajstić information content (AvgIpc) is 2.51. The molecule has 0 aliphatic carbocycles. The minimum atomic E-state index is 0.605. The molecule has 2 heteroatoms. The second-order valence-corrected chi connectivity index (χ2v) is 6.03. The zero-order valence-electron chi connectivity index (χ0n) is 13.8. The van der Waals surface area contributed by atoms with Gasteiger partial charge in [-0.1, -0.05) is 64.4 Å². The van der Waals surface area contributed by atoms with Gasteiger partial charge in [0.25, 0.3) is 0 Å². The molecule has 0 saturated carbocycles. The van der Waals surface area contributed by atoms with E-state index in [1.54, 1.807) is 5.41 Å². The van der Waals surface area contributed by atoms with Crippen LogP contribution in [0.1, 0.15) is 90.9 Å². The van der Waals surface area contributed by atoms with Crippen molar-refractivity contribution >= 4 is 12.6 Å². The van der Waals surface area contributed by atoms with Crippen molar-refractivity contribution in [2.75, 3.05) is 6.61 Å². The predicted octanol–water partition coefficient (Wildman–Crippen LogP) is 6.54. The Kier molecular flexibility index (Phi) is 17.1. The summed E-state index contributed by atoms with van der Waals surface area (Å²) in [5.41, 5.74) is 0. The van der Waals surface area contributed by atoms with Gasteiger partial charge in [-0.25, -0.2) is 0 Å². The minimum Gasteiger partial charge on any atom is -0.378 e. The summed E-state index contributed by atoms with van der Waals surface area (Å²) < 4.78 is 5.74. The van der Waals surface area contributed by atoms with Gasteiger partial charge in [0.2, 0.25) is 0 Å². The van der Waals surface area contributed by atoms with Crippen molar-refractivity contribution in [3.05, 3.63) is 11.5 Å². The topological polar surface area (TPSA) is 9.23 Å². The first-order chi connectivity index (χ1) is 9.85. The van der Waals surface area contributed by atoms with Gasteiger partial charge in [0.05, 0.1) is 6.10 Å². The summed E-state index contributed by atoms with van der Waals surface area (Å²) in [7, 11) is 0. The van der Waals surface area contributed by atoms with Crippen molar-refractivity contribution < 1.29 is 4.74 Å². The first kappa shape index (κ1) is 20.1. The number of unbranched alkanes of at least 4 members (excludes halogenated alkanes) is 7. The molecular formula is C18H36OS. The molecule has 1 unspecified atom stereocenters. The smallest absolute Gasteiger partial charge is 0.0575 e. The van der Waals surface area contributed by atoms with Crippen LogP contribution in [0.15, 0.2) is 11.5 Å². The Bertz CT molecular complexity index is 194. The predicted molar refractivity (Wildman–Crippen MR) is 94.6 cm³/mol. The Morgan fingerprint density at radius 1 is 1.00 bits per heavy atom. The largest absolute Gasteiger partial charge is 0.378 e. The molecule has 0 bridgehead atoms. The number of hydrogen-bond acceptors (Lipinski definition) is 2. The van der Waals surface area contributed by atoms with Gasteiger partial charge >= 0.3 is 0 Å². The highest BCUT2D eigenvalue weighted by atomic mass is 32.1. The zero-order chi connectivity index (χ0) is 14.9. The Morgan fingerprint density at radius 3 is 2.10 bits per heavy atom. The molecule has 1 saturated heterocycles. The van der Waals surface area contributed by atoms with E-state index in [9.17, 15) is 0 Å². The quantitative estimate of drug-likeness (QED) is 0.376.